The van der Waals surface area contributed by atoms with E-state index in [2.05, 4.69) is 15.5 Å². The normalized spacial score (nSPS) is 17.2. The van der Waals surface area contributed by atoms with Gasteiger partial charge in [0.1, 0.15) is 0 Å². The number of aromatic nitrogens is 2. The first-order chi connectivity index (χ1) is 16.5. The molecular formula is C24H23N5O3S2. The highest BCUT2D eigenvalue weighted by Crippen LogP contribution is 2.31. The quantitative estimate of drug-likeness (QED) is 0.417. The number of hydrogen-bond acceptors (Lipinski definition) is 7. The number of hydrogen-bond donors (Lipinski definition) is 1. The second-order valence-corrected chi connectivity index (χ2v) is 10.5. The van der Waals surface area contributed by atoms with Gasteiger partial charge in [-0.3, -0.25) is 14.4 Å². The zero-order valence-corrected chi connectivity index (χ0v) is 20.2. The largest absolute Gasteiger partial charge is 0.312 e. The Morgan fingerprint density at radius 1 is 1.18 bits per heavy atom. The molecule has 1 atom stereocenters. The molecular weight excluding hydrogens is 470 g/mol. The summed E-state index contributed by atoms with van der Waals surface area (Å²) in [5, 5.41) is 11.3. The highest BCUT2D eigenvalue weighted by Gasteiger charge is 2.35. The topological polar surface area (TPSA) is 95.5 Å². The Morgan fingerprint density at radius 3 is 2.88 bits per heavy atom. The molecule has 0 radical (unpaired) electrons. The SMILES string of the molecule is Cc1cccc(N2C[C@@H](C(=O)Nc3nnc(SCC(=O)N4CCc5ccccc54)s3)CC2=O)c1. The molecule has 2 aromatic carbocycles. The first kappa shape index (κ1) is 22.5. The number of fused-ring (bicyclic) bond motifs is 1. The van der Waals surface area contributed by atoms with Gasteiger partial charge in [-0.15, -0.1) is 10.2 Å². The van der Waals surface area contributed by atoms with Crippen LogP contribution < -0.4 is 15.1 Å². The molecule has 3 aromatic rings. The highest BCUT2D eigenvalue weighted by molar-refractivity contribution is 8.01. The van der Waals surface area contributed by atoms with Crippen molar-refractivity contribution >= 4 is 57.3 Å². The van der Waals surface area contributed by atoms with Crippen LogP contribution in [0.5, 0.6) is 0 Å². The summed E-state index contributed by atoms with van der Waals surface area (Å²) >= 11 is 2.54. The van der Waals surface area contributed by atoms with Gasteiger partial charge in [-0.05, 0) is 42.7 Å². The number of thioether (sulfide) groups is 1. The van der Waals surface area contributed by atoms with Crippen LogP contribution in [-0.4, -0.2) is 46.8 Å². The zero-order chi connectivity index (χ0) is 23.7. The summed E-state index contributed by atoms with van der Waals surface area (Å²) in [7, 11) is 0. The predicted molar refractivity (Wildman–Crippen MR) is 133 cm³/mol. The van der Waals surface area contributed by atoms with E-state index in [9.17, 15) is 14.4 Å². The maximum absolute atomic E-state index is 12.8. The molecule has 0 aliphatic carbocycles. The van der Waals surface area contributed by atoms with E-state index in [0.717, 1.165) is 23.4 Å². The second kappa shape index (κ2) is 9.55. The summed E-state index contributed by atoms with van der Waals surface area (Å²) in [6.07, 6.45) is 1.03. The van der Waals surface area contributed by atoms with E-state index < -0.39 is 5.92 Å². The van der Waals surface area contributed by atoms with Crippen molar-refractivity contribution in [3.63, 3.8) is 0 Å². The van der Waals surface area contributed by atoms with E-state index in [1.165, 1.54) is 28.7 Å². The van der Waals surface area contributed by atoms with E-state index >= 15 is 0 Å². The average Bonchev–Trinajstić information content (AvgIpc) is 3.56. The highest BCUT2D eigenvalue weighted by atomic mass is 32.2. The Bertz CT molecular complexity index is 1260. The number of aryl methyl sites for hydroxylation is 1. The van der Waals surface area contributed by atoms with Gasteiger partial charge in [0, 0.05) is 30.9 Å². The molecule has 1 saturated heterocycles. The smallest absolute Gasteiger partial charge is 0.237 e. The van der Waals surface area contributed by atoms with Gasteiger partial charge >= 0.3 is 0 Å². The van der Waals surface area contributed by atoms with Crippen molar-refractivity contribution in [1.82, 2.24) is 10.2 Å². The number of carbonyl (C=O) groups is 3. The molecule has 3 heterocycles. The molecule has 2 aliphatic heterocycles. The molecule has 0 bridgehead atoms. The minimum absolute atomic E-state index is 0.0245. The lowest BCUT2D eigenvalue weighted by molar-refractivity contribution is -0.122. The number of amides is 3. The lowest BCUT2D eigenvalue weighted by Gasteiger charge is -2.17. The minimum atomic E-state index is -0.454. The number of rotatable bonds is 6. The summed E-state index contributed by atoms with van der Waals surface area (Å²) in [5.41, 5.74) is 4.03. The third-order valence-electron chi connectivity index (χ3n) is 5.95. The van der Waals surface area contributed by atoms with Crippen molar-refractivity contribution in [3.05, 3.63) is 59.7 Å². The van der Waals surface area contributed by atoms with Gasteiger partial charge in [-0.25, -0.2) is 0 Å². The van der Waals surface area contributed by atoms with Crippen molar-refractivity contribution in [3.8, 4) is 0 Å². The van der Waals surface area contributed by atoms with E-state index in [1.54, 1.807) is 4.90 Å². The Kier molecular flexibility index (Phi) is 6.34. The summed E-state index contributed by atoms with van der Waals surface area (Å²) in [5.74, 6) is -0.497. The van der Waals surface area contributed by atoms with Gasteiger partial charge in [0.2, 0.25) is 22.9 Å². The monoisotopic (exact) mass is 493 g/mol. The van der Waals surface area contributed by atoms with Crippen LogP contribution >= 0.6 is 23.1 Å². The van der Waals surface area contributed by atoms with Crippen LogP contribution in [0.1, 0.15) is 17.5 Å². The molecule has 1 aromatic heterocycles. The van der Waals surface area contributed by atoms with Crippen LogP contribution in [0.3, 0.4) is 0 Å². The Balaban J connectivity index is 1.15. The molecule has 0 unspecified atom stereocenters. The van der Waals surface area contributed by atoms with Gasteiger partial charge in [0.25, 0.3) is 0 Å². The molecule has 1 fully saturated rings. The van der Waals surface area contributed by atoms with Gasteiger partial charge in [-0.2, -0.15) is 0 Å². The summed E-state index contributed by atoms with van der Waals surface area (Å²) < 4.78 is 0.611. The number of nitrogens with one attached hydrogen (secondary N) is 1. The molecule has 10 heteroatoms. The molecule has 3 amide bonds. The molecule has 5 rings (SSSR count). The summed E-state index contributed by atoms with van der Waals surface area (Å²) in [6, 6.07) is 15.6. The van der Waals surface area contributed by atoms with Gasteiger partial charge in [0.05, 0.1) is 11.7 Å². The Hall–Kier alpha value is -3.24. The van der Waals surface area contributed by atoms with Crippen LogP contribution in [0.2, 0.25) is 0 Å². The van der Waals surface area contributed by atoms with Crippen molar-refractivity contribution in [2.75, 3.05) is 34.0 Å². The maximum atomic E-state index is 12.8. The van der Waals surface area contributed by atoms with E-state index in [-0.39, 0.29) is 29.9 Å². The average molecular weight is 494 g/mol. The number of benzene rings is 2. The molecule has 8 nitrogen and oxygen atoms in total. The predicted octanol–water partition coefficient (Wildman–Crippen LogP) is 3.52. The lowest BCUT2D eigenvalue weighted by atomic mass is 10.1. The number of anilines is 3. The van der Waals surface area contributed by atoms with Crippen LogP contribution in [0.15, 0.2) is 52.9 Å². The molecule has 0 saturated carbocycles. The summed E-state index contributed by atoms with van der Waals surface area (Å²) in [4.78, 5) is 41.4. The van der Waals surface area contributed by atoms with Crippen molar-refractivity contribution < 1.29 is 14.4 Å². The molecule has 2 aliphatic rings. The van der Waals surface area contributed by atoms with Crippen molar-refractivity contribution in [1.29, 1.82) is 0 Å². The number of para-hydroxylation sites is 1. The molecule has 1 N–H and O–H groups in total. The van der Waals surface area contributed by atoms with Gasteiger partial charge < -0.3 is 15.1 Å². The van der Waals surface area contributed by atoms with Crippen LogP contribution in [0.25, 0.3) is 0 Å². The summed E-state index contributed by atoms with van der Waals surface area (Å²) in [6.45, 7) is 2.99. The first-order valence-corrected chi connectivity index (χ1v) is 12.8. The van der Waals surface area contributed by atoms with Crippen LogP contribution in [-0.2, 0) is 20.8 Å². The Labute approximate surface area is 205 Å². The minimum Gasteiger partial charge on any atom is -0.312 e. The van der Waals surface area contributed by atoms with E-state index in [1.807, 2.05) is 60.4 Å². The van der Waals surface area contributed by atoms with Gasteiger partial charge in [-0.1, -0.05) is 53.4 Å². The van der Waals surface area contributed by atoms with Crippen LogP contribution in [0, 0.1) is 12.8 Å². The second-order valence-electron chi connectivity index (χ2n) is 8.32. The Morgan fingerprint density at radius 2 is 2.03 bits per heavy atom. The molecule has 174 valence electrons. The number of nitrogens with zero attached hydrogens (tertiary/aromatic N) is 4. The lowest BCUT2D eigenvalue weighted by Crippen LogP contribution is -2.30. The van der Waals surface area contributed by atoms with Crippen molar-refractivity contribution in [2.24, 2.45) is 5.92 Å². The van der Waals surface area contributed by atoms with E-state index in [0.29, 0.717) is 22.6 Å². The third kappa shape index (κ3) is 4.69. The van der Waals surface area contributed by atoms with Crippen LogP contribution in [0.4, 0.5) is 16.5 Å². The molecule has 34 heavy (non-hydrogen) atoms. The third-order valence-corrected chi connectivity index (χ3v) is 7.91. The fourth-order valence-corrected chi connectivity index (χ4v) is 5.88. The number of carbonyl (C=O) groups excluding carboxylic acids is 3. The fraction of sp³-hybridized carbons (Fsp3) is 0.292. The zero-order valence-electron chi connectivity index (χ0n) is 18.6. The first-order valence-electron chi connectivity index (χ1n) is 11.0. The van der Waals surface area contributed by atoms with Crippen molar-refractivity contribution in [2.45, 2.75) is 24.1 Å². The standard InChI is InChI=1S/C24H23N5O3S2/c1-15-5-4-7-18(11-15)29-13-17(12-20(29)30)22(32)25-23-26-27-24(34-23)33-14-21(31)28-10-9-16-6-2-3-8-19(16)28/h2-8,11,17H,9-10,12-14H2,1H3,(H,25,26,32)/t17-/m0/s1. The maximum Gasteiger partial charge on any atom is 0.237 e. The van der Waals surface area contributed by atoms with E-state index in [4.69, 9.17) is 0 Å². The molecule has 0 spiro atoms. The fourth-order valence-electron chi connectivity index (χ4n) is 4.25. The van der Waals surface area contributed by atoms with Gasteiger partial charge in [0.15, 0.2) is 4.34 Å².